The minimum atomic E-state index is 0.927. The molecular formula is C14H16N4S. The van der Waals surface area contributed by atoms with Gasteiger partial charge in [-0.25, -0.2) is 4.98 Å². The van der Waals surface area contributed by atoms with Crippen LogP contribution in [0.25, 0.3) is 22.2 Å². The average molecular weight is 272 g/mol. The average Bonchev–Trinajstić information content (AvgIpc) is 3.07. The van der Waals surface area contributed by atoms with Crippen molar-refractivity contribution in [2.24, 2.45) is 0 Å². The molecule has 3 aromatic rings. The van der Waals surface area contributed by atoms with E-state index in [1.165, 1.54) is 17.7 Å². The molecule has 0 saturated carbocycles. The molecule has 98 valence electrons. The van der Waals surface area contributed by atoms with Crippen LogP contribution >= 0.6 is 11.8 Å². The molecule has 4 nitrogen and oxygen atoms in total. The summed E-state index contributed by atoms with van der Waals surface area (Å²) in [5, 5.41) is 8.01. The fraction of sp³-hybridized carbons (Fsp3) is 0.286. The Balaban J connectivity index is 1.94. The molecule has 0 aliphatic heterocycles. The fourth-order valence-corrected chi connectivity index (χ4v) is 3.03. The van der Waals surface area contributed by atoms with Gasteiger partial charge < -0.3 is 4.98 Å². The first kappa shape index (κ1) is 12.3. The van der Waals surface area contributed by atoms with Crippen molar-refractivity contribution in [2.45, 2.75) is 24.7 Å². The van der Waals surface area contributed by atoms with E-state index in [2.05, 4.69) is 33.2 Å². The maximum Gasteiger partial charge on any atom is 0.137 e. The first-order chi connectivity index (χ1) is 9.38. The van der Waals surface area contributed by atoms with E-state index in [0.717, 1.165) is 27.9 Å². The van der Waals surface area contributed by atoms with Gasteiger partial charge >= 0.3 is 0 Å². The highest BCUT2D eigenvalue weighted by atomic mass is 32.2. The predicted molar refractivity (Wildman–Crippen MR) is 79.3 cm³/mol. The molecule has 0 amide bonds. The Morgan fingerprint density at radius 3 is 3.00 bits per heavy atom. The van der Waals surface area contributed by atoms with E-state index in [1.54, 1.807) is 0 Å². The number of thioether (sulfide) groups is 1. The van der Waals surface area contributed by atoms with Crippen LogP contribution in [0.4, 0.5) is 0 Å². The molecule has 3 aromatic heterocycles. The zero-order valence-corrected chi connectivity index (χ0v) is 11.6. The SMILES string of the molecule is CCCCSc1cnc2[nH]cc(-c3cn[nH]c3)c2c1. The maximum atomic E-state index is 4.48. The van der Waals surface area contributed by atoms with Crippen molar-refractivity contribution in [2.75, 3.05) is 5.75 Å². The first-order valence-corrected chi connectivity index (χ1v) is 7.46. The number of aromatic nitrogens is 4. The summed E-state index contributed by atoms with van der Waals surface area (Å²) in [5.74, 6) is 1.15. The zero-order chi connectivity index (χ0) is 13.1. The van der Waals surface area contributed by atoms with Crippen LogP contribution in [0.15, 0.2) is 35.7 Å². The van der Waals surface area contributed by atoms with Gasteiger partial charge in [0.05, 0.1) is 6.20 Å². The lowest BCUT2D eigenvalue weighted by molar-refractivity contribution is 0.896. The fourth-order valence-electron chi connectivity index (χ4n) is 2.03. The van der Waals surface area contributed by atoms with Crippen molar-refractivity contribution in [3.8, 4) is 11.1 Å². The van der Waals surface area contributed by atoms with Gasteiger partial charge in [0, 0.05) is 40.0 Å². The lowest BCUT2D eigenvalue weighted by Gasteiger charge is -2.01. The van der Waals surface area contributed by atoms with E-state index in [9.17, 15) is 0 Å². The highest BCUT2D eigenvalue weighted by Crippen LogP contribution is 2.30. The molecule has 3 rings (SSSR count). The van der Waals surface area contributed by atoms with Gasteiger partial charge in [0.15, 0.2) is 0 Å². The van der Waals surface area contributed by atoms with Gasteiger partial charge in [0.2, 0.25) is 0 Å². The van der Waals surface area contributed by atoms with E-state index in [-0.39, 0.29) is 0 Å². The topological polar surface area (TPSA) is 57.4 Å². The van der Waals surface area contributed by atoms with Crippen molar-refractivity contribution in [3.05, 3.63) is 30.9 Å². The third kappa shape index (κ3) is 2.51. The van der Waals surface area contributed by atoms with Crippen molar-refractivity contribution < 1.29 is 0 Å². The van der Waals surface area contributed by atoms with Gasteiger partial charge in [-0.05, 0) is 18.2 Å². The number of rotatable bonds is 5. The predicted octanol–water partition coefficient (Wildman–Crippen LogP) is 3.85. The normalized spacial score (nSPS) is 11.2. The van der Waals surface area contributed by atoms with E-state index >= 15 is 0 Å². The molecule has 0 aromatic carbocycles. The van der Waals surface area contributed by atoms with Crippen LogP contribution in [-0.2, 0) is 0 Å². The van der Waals surface area contributed by atoms with E-state index in [1.807, 2.05) is 36.5 Å². The second-order valence-corrected chi connectivity index (χ2v) is 5.63. The standard InChI is InChI=1S/C14H16N4S/c1-2-3-4-19-11-5-12-13(10-6-17-18-7-10)9-16-14(12)15-8-11/h5-9H,2-4H2,1H3,(H,15,16)(H,17,18). The second-order valence-electron chi connectivity index (χ2n) is 4.46. The minimum absolute atomic E-state index is 0.927. The lowest BCUT2D eigenvalue weighted by atomic mass is 10.1. The summed E-state index contributed by atoms with van der Waals surface area (Å²) < 4.78 is 0. The summed E-state index contributed by atoms with van der Waals surface area (Å²) in [6.45, 7) is 2.21. The quantitative estimate of drug-likeness (QED) is 0.548. The van der Waals surface area contributed by atoms with Gasteiger partial charge in [-0.2, -0.15) is 5.10 Å². The third-order valence-corrected chi connectivity index (χ3v) is 4.13. The Morgan fingerprint density at radius 2 is 2.21 bits per heavy atom. The number of unbranched alkanes of at least 4 members (excludes halogenated alkanes) is 1. The van der Waals surface area contributed by atoms with Crippen LogP contribution in [0.2, 0.25) is 0 Å². The number of nitrogens with one attached hydrogen (secondary N) is 2. The molecule has 0 unspecified atom stereocenters. The number of fused-ring (bicyclic) bond motifs is 1. The van der Waals surface area contributed by atoms with Crippen molar-refractivity contribution >= 4 is 22.8 Å². The van der Waals surface area contributed by atoms with Crippen LogP contribution in [-0.4, -0.2) is 25.9 Å². The molecule has 2 N–H and O–H groups in total. The number of pyridine rings is 1. The summed E-state index contributed by atoms with van der Waals surface area (Å²) in [4.78, 5) is 8.92. The Bertz CT molecular complexity index is 657. The summed E-state index contributed by atoms with van der Waals surface area (Å²) in [5.41, 5.74) is 3.16. The van der Waals surface area contributed by atoms with Crippen LogP contribution < -0.4 is 0 Å². The molecule has 0 spiro atoms. The number of aromatic amines is 2. The molecule has 19 heavy (non-hydrogen) atoms. The van der Waals surface area contributed by atoms with E-state index in [4.69, 9.17) is 0 Å². The largest absolute Gasteiger partial charge is 0.346 e. The molecule has 5 heteroatoms. The van der Waals surface area contributed by atoms with Crippen LogP contribution in [0.3, 0.4) is 0 Å². The van der Waals surface area contributed by atoms with Crippen molar-refractivity contribution in [1.82, 2.24) is 20.2 Å². The molecule has 0 bridgehead atoms. The van der Waals surface area contributed by atoms with Crippen LogP contribution in [0.1, 0.15) is 19.8 Å². The Morgan fingerprint density at radius 1 is 1.26 bits per heavy atom. The van der Waals surface area contributed by atoms with Crippen molar-refractivity contribution in [3.63, 3.8) is 0 Å². The maximum absolute atomic E-state index is 4.48. The van der Waals surface area contributed by atoms with E-state index < -0.39 is 0 Å². The second kappa shape index (κ2) is 5.48. The highest BCUT2D eigenvalue weighted by Gasteiger charge is 2.08. The highest BCUT2D eigenvalue weighted by molar-refractivity contribution is 7.99. The smallest absolute Gasteiger partial charge is 0.137 e. The van der Waals surface area contributed by atoms with Gasteiger partial charge in [-0.15, -0.1) is 11.8 Å². The van der Waals surface area contributed by atoms with Gasteiger partial charge in [0.25, 0.3) is 0 Å². The van der Waals surface area contributed by atoms with Gasteiger partial charge in [-0.3, -0.25) is 5.10 Å². The van der Waals surface area contributed by atoms with Gasteiger partial charge in [0.1, 0.15) is 5.65 Å². The zero-order valence-electron chi connectivity index (χ0n) is 10.8. The monoisotopic (exact) mass is 272 g/mol. The molecule has 0 radical (unpaired) electrons. The summed E-state index contributed by atoms with van der Waals surface area (Å²) in [7, 11) is 0. The third-order valence-electron chi connectivity index (χ3n) is 3.08. The number of hydrogen-bond donors (Lipinski definition) is 2. The summed E-state index contributed by atoms with van der Waals surface area (Å²) in [6, 6.07) is 2.21. The Kier molecular flexibility index (Phi) is 3.55. The summed E-state index contributed by atoms with van der Waals surface area (Å²) >= 11 is 1.87. The molecule has 0 aliphatic rings. The molecule has 0 atom stereocenters. The molecular weight excluding hydrogens is 256 g/mol. The van der Waals surface area contributed by atoms with E-state index in [0.29, 0.717) is 0 Å². The summed E-state index contributed by atoms with van der Waals surface area (Å²) in [6.07, 6.45) is 10.1. The van der Waals surface area contributed by atoms with Crippen molar-refractivity contribution in [1.29, 1.82) is 0 Å². The molecule has 0 saturated heterocycles. The minimum Gasteiger partial charge on any atom is -0.346 e. The van der Waals surface area contributed by atoms with Gasteiger partial charge in [-0.1, -0.05) is 13.3 Å². The number of nitrogens with zero attached hydrogens (tertiary/aromatic N) is 2. The number of hydrogen-bond acceptors (Lipinski definition) is 3. The van der Waals surface area contributed by atoms with Crippen LogP contribution in [0, 0.1) is 0 Å². The molecule has 0 aliphatic carbocycles. The Hall–Kier alpha value is -1.75. The number of H-pyrrole nitrogens is 2. The Labute approximate surface area is 116 Å². The van der Waals surface area contributed by atoms with Crippen LogP contribution in [0.5, 0.6) is 0 Å². The first-order valence-electron chi connectivity index (χ1n) is 6.47. The lowest BCUT2D eigenvalue weighted by Crippen LogP contribution is -1.82. The molecule has 0 fully saturated rings. The molecule has 3 heterocycles.